The van der Waals surface area contributed by atoms with E-state index in [1.165, 1.54) is 0 Å². The maximum Gasteiger partial charge on any atom is 0.0766 e. The minimum Gasteiger partial charge on any atom is -0.275 e. The van der Waals surface area contributed by atoms with E-state index in [1.54, 1.807) is 4.68 Å². The zero-order chi connectivity index (χ0) is 12.5. The number of aromatic nitrogens is 2. The Morgan fingerprint density at radius 2 is 1.82 bits per heavy atom. The first-order valence-corrected chi connectivity index (χ1v) is 5.54. The molecule has 1 aromatic carbocycles. The van der Waals surface area contributed by atoms with Gasteiger partial charge in [-0.05, 0) is 25.0 Å². The van der Waals surface area contributed by atoms with Gasteiger partial charge in [-0.25, -0.2) is 0 Å². The summed E-state index contributed by atoms with van der Waals surface area (Å²) in [5.41, 5.74) is 2.81. The Kier molecular flexibility index (Phi) is 2.72. The highest BCUT2D eigenvalue weighted by atomic mass is 15.2. The zero-order valence-electron chi connectivity index (χ0n) is 10.3. The number of nitriles is 1. The van der Waals surface area contributed by atoms with Gasteiger partial charge >= 0.3 is 0 Å². The van der Waals surface area contributed by atoms with Gasteiger partial charge in [-0.1, -0.05) is 24.3 Å². The van der Waals surface area contributed by atoms with Crippen LogP contribution in [0.2, 0.25) is 0 Å². The van der Waals surface area contributed by atoms with Crippen molar-refractivity contribution < 1.29 is 0 Å². The molecule has 0 aliphatic rings. The van der Waals surface area contributed by atoms with Crippen molar-refractivity contribution in [2.45, 2.75) is 19.3 Å². The van der Waals surface area contributed by atoms with Crippen LogP contribution in [0.25, 0.3) is 11.1 Å². The van der Waals surface area contributed by atoms with Crippen LogP contribution in [0.5, 0.6) is 0 Å². The molecule has 0 bridgehead atoms. The van der Waals surface area contributed by atoms with E-state index in [-0.39, 0.29) is 0 Å². The van der Waals surface area contributed by atoms with Crippen LogP contribution in [0.1, 0.15) is 19.4 Å². The molecule has 1 aromatic heterocycles. The quantitative estimate of drug-likeness (QED) is 0.788. The van der Waals surface area contributed by atoms with E-state index in [1.807, 2.05) is 57.6 Å². The van der Waals surface area contributed by atoms with E-state index in [9.17, 15) is 0 Å². The Balaban J connectivity index is 2.34. The zero-order valence-corrected chi connectivity index (χ0v) is 10.3. The van der Waals surface area contributed by atoms with Crippen molar-refractivity contribution in [3.8, 4) is 17.2 Å². The molecule has 0 saturated heterocycles. The Morgan fingerprint density at radius 3 is 2.29 bits per heavy atom. The summed E-state index contributed by atoms with van der Waals surface area (Å²) in [6.45, 7) is 3.85. The summed E-state index contributed by atoms with van der Waals surface area (Å²) < 4.78 is 1.78. The maximum absolute atomic E-state index is 9.07. The van der Waals surface area contributed by atoms with E-state index in [0.717, 1.165) is 16.7 Å². The lowest BCUT2D eigenvalue weighted by molar-refractivity contribution is 0.687. The van der Waals surface area contributed by atoms with E-state index in [4.69, 9.17) is 5.26 Å². The predicted molar refractivity (Wildman–Crippen MR) is 67.3 cm³/mol. The molecule has 3 nitrogen and oxygen atoms in total. The van der Waals surface area contributed by atoms with Crippen LogP contribution in [0.3, 0.4) is 0 Å². The topological polar surface area (TPSA) is 41.6 Å². The molecule has 0 fully saturated rings. The van der Waals surface area contributed by atoms with Gasteiger partial charge in [0.05, 0.1) is 17.7 Å². The summed E-state index contributed by atoms with van der Waals surface area (Å²) in [6, 6.07) is 10.4. The monoisotopic (exact) mass is 225 g/mol. The summed E-state index contributed by atoms with van der Waals surface area (Å²) >= 11 is 0. The normalized spacial score (nSPS) is 11.2. The first kappa shape index (κ1) is 11.4. The fourth-order valence-electron chi connectivity index (χ4n) is 1.71. The van der Waals surface area contributed by atoms with Crippen molar-refractivity contribution in [1.29, 1.82) is 5.26 Å². The molecule has 2 rings (SSSR count). The Hall–Kier alpha value is -2.08. The Bertz CT molecular complexity index is 556. The predicted octanol–water partition coefficient (Wildman–Crippen LogP) is 2.89. The minimum atomic E-state index is -0.437. The highest BCUT2D eigenvalue weighted by Gasteiger charge is 2.19. The van der Waals surface area contributed by atoms with E-state index in [0.29, 0.717) is 0 Å². The molecule has 0 aliphatic heterocycles. The van der Waals surface area contributed by atoms with Crippen LogP contribution in [-0.4, -0.2) is 9.78 Å². The van der Waals surface area contributed by atoms with Crippen molar-refractivity contribution in [3.05, 3.63) is 42.2 Å². The van der Waals surface area contributed by atoms with E-state index < -0.39 is 5.41 Å². The van der Waals surface area contributed by atoms with Gasteiger partial charge in [0.1, 0.15) is 0 Å². The molecule has 0 unspecified atom stereocenters. The third kappa shape index (κ3) is 2.21. The van der Waals surface area contributed by atoms with Crippen molar-refractivity contribution in [2.75, 3.05) is 0 Å². The lowest BCUT2D eigenvalue weighted by Crippen LogP contribution is -2.13. The smallest absolute Gasteiger partial charge is 0.0766 e. The molecular weight excluding hydrogens is 210 g/mol. The van der Waals surface area contributed by atoms with Crippen molar-refractivity contribution in [3.63, 3.8) is 0 Å². The number of rotatable bonds is 2. The molecular formula is C14H15N3. The molecule has 86 valence electrons. The Morgan fingerprint density at radius 1 is 1.18 bits per heavy atom. The van der Waals surface area contributed by atoms with Crippen LogP contribution in [-0.2, 0) is 12.5 Å². The van der Waals surface area contributed by atoms with Gasteiger partial charge in [0.15, 0.2) is 0 Å². The van der Waals surface area contributed by atoms with Crippen LogP contribution in [0.4, 0.5) is 0 Å². The van der Waals surface area contributed by atoms with Crippen molar-refractivity contribution >= 4 is 0 Å². The fraction of sp³-hybridized carbons (Fsp3) is 0.286. The summed E-state index contributed by atoms with van der Waals surface area (Å²) in [5.74, 6) is 0. The van der Waals surface area contributed by atoms with Gasteiger partial charge < -0.3 is 0 Å². The second-order valence-corrected chi connectivity index (χ2v) is 4.72. The summed E-state index contributed by atoms with van der Waals surface area (Å²) in [5, 5.41) is 13.2. The van der Waals surface area contributed by atoms with Crippen molar-refractivity contribution in [1.82, 2.24) is 9.78 Å². The van der Waals surface area contributed by atoms with Crippen molar-refractivity contribution in [2.24, 2.45) is 7.05 Å². The number of hydrogen-bond donors (Lipinski definition) is 0. The SMILES string of the molecule is Cn1cc(-c2ccc(C(C)(C)C#N)cc2)cn1. The highest BCUT2D eigenvalue weighted by molar-refractivity contribution is 5.62. The molecule has 1 heterocycles. The average molecular weight is 225 g/mol. The lowest BCUT2D eigenvalue weighted by Gasteiger charge is -2.15. The number of nitrogens with zero attached hydrogens (tertiary/aromatic N) is 3. The molecule has 0 spiro atoms. The maximum atomic E-state index is 9.07. The fourth-order valence-corrected chi connectivity index (χ4v) is 1.71. The minimum absolute atomic E-state index is 0.437. The molecule has 3 heteroatoms. The Labute approximate surface area is 101 Å². The van der Waals surface area contributed by atoms with Crippen LogP contribution in [0, 0.1) is 11.3 Å². The first-order chi connectivity index (χ1) is 8.03. The third-order valence-corrected chi connectivity index (χ3v) is 2.92. The second-order valence-electron chi connectivity index (χ2n) is 4.72. The molecule has 0 radical (unpaired) electrons. The number of benzene rings is 1. The molecule has 2 aromatic rings. The molecule has 17 heavy (non-hydrogen) atoms. The van der Waals surface area contributed by atoms with Gasteiger partial charge in [-0.3, -0.25) is 4.68 Å². The van der Waals surface area contributed by atoms with Gasteiger partial charge in [0.2, 0.25) is 0 Å². The van der Waals surface area contributed by atoms with Gasteiger partial charge in [0.25, 0.3) is 0 Å². The summed E-state index contributed by atoms with van der Waals surface area (Å²) in [7, 11) is 1.90. The van der Waals surface area contributed by atoms with Gasteiger partial charge in [0, 0.05) is 18.8 Å². The summed E-state index contributed by atoms with van der Waals surface area (Å²) in [6.07, 6.45) is 3.81. The highest BCUT2D eigenvalue weighted by Crippen LogP contribution is 2.25. The molecule has 0 aliphatic carbocycles. The van der Waals surface area contributed by atoms with E-state index >= 15 is 0 Å². The standard InChI is InChI=1S/C14H15N3/c1-14(2,10-15)13-6-4-11(5-7-13)12-8-16-17(3)9-12/h4-9H,1-3H3. The van der Waals surface area contributed by atoms with Gasteiger partial charge in [-0.15, -0.1) is 0 Å². The van der Waals surface area contributed by atoms with Gasteiger partial charge in [-0.2, -0.15) is 10.4 Å². The largest absolute Gasteiger partial charge is 0.275 e. The van der Waals surface area contributed by atoms with E-state index in [2.05, 4.69) is 11.2 Å². The molecule has 0 amide bonds. The molecule has 0 atom stereocenters. The average Bonchev–Trinajstić information content (AvgIpc) is 2.76. The number of hydrogen-bond acceptors (Lipinski definition) is 2. The molecule has 0 N–H and O–H groups in total. The summed E-state index contributed by atoms with van der Waals surface area (Å²) in [4.78, 5) is 0. The lowest BCUT2D eigenvalue weighted by atomic mass is 9.86. The van der Waals surface area contributed by atoms with Crippen LogP contribution >= 0.6 is 0 Å². The number of aryl methyl sites for hydroxylation is 1. The second kappa shape index (κ2) is 4.06. The molecule has 0 saturated carbocycles. The van der Waals surface area contributed by atoms with Crippen LogP contribution < -0.4 is 0 Å². The first-order valence-electron chi connectivity index (χ1n) is 5.54. The third-order valence-electron chi connectivity index (χ3n) is 2.92. The van der Waals surface area contributed by atoms with Crippen LogP contribution in [0.15, 0.2) is 36.7 Å².